The van der Waals surface area contributed by atoms with Gasteiger partial charge < -0.3 is 9.72 Å². The average Bonchev–Trinajstić information content (AvgIpc) is 3.89. The number of hydrogen-bond acceptors (Lipinski definition) is 7. The van der Waals surface area contributed by atoms with Crippen LogP contribution in [0.4, 0.5) is 16.2 Å². The number of thioether (sulfide) groups is 1. The van der Waals surface area contributed by atoms with Crippen LogP contribution in [0.15, 0.2) is 59.9 Å². The molecule has 7 rings (SSSR count). The summed E-state index contributed by atoms with van der Waals surface area (Å²) in [7, 11) is 1.51. The molecule has 1 aliphatic heterocycles. The number of urea groups is 1. The highest BCUT2D eigenvalue weighted by molar-refractivity contribution is 7.98. The zero-order chi connectivity index (χ0) is 28.2. The summed E-state index contributed by atoms with van der Waals surface area (Å²) >= 11 is 1.63. The van der Waals surface area contributed by atoms with E-state index in [1.54, 1.807) is 18.0 Å². The number of imidazole rings is 1. The first-order valence-corrected chi connectivity index (χ1v) is 14.8. The van der Waals surface area contributed by atoms with Gasteiger partial charge >= 0.3 is 6.03 Å². The molecule has 1 saturated heterocycles. The van der Waals surface area contributed by atoms with Crippen molar-refractivity contribution in [2.75, 3.05) is 23.8 Å². The minimum Gasteiger partial charge on any atom is -0.326 e. The molecule has 41 heavy (non-hydrogen) atoms. The van der Waals surface area contributed by atoms with Crippen LogP contribution in [0.2, 0.25) is 0 Å². The molecule has 208 valence electrons. The number of pyridine rings is 1. The molecule has 2 aliphatic carbocycles. The van der Waals surface area contributed by atoms with Gasteiger partial charge in [0.25, 0.3) is 0 Å². The molecule has 3 aromatic heterocycles. The summed E-state index contributed by atoms with van der Waals surface area (Å²) in [5, 5.41) is 3.05. The number of benzene rings is 1. The first kappa shape index (κ1) is 25.7. The number of anilines is 2. The predicted molar refractivity (Wildman–Crippen MR) is 155 cm³/mol. The molecule has 0 unspecified atom stereocenters. The third-order valence-electron chi connectivity index (χ3n) is 7.89. The van der Waals surface area contributed by atoms with Gasteiger partial charge in [0, 0.05) is 59.5 Å². The van der Waals surface area contributed by atoms with Crippen LogP contribution in [0, 0.1) is 12.8 Å². The fourth-order valence-electron chi connectivity index (χ4n) is 5.32. The molecule has 10 nitrogen and oxygen atoms in total. The molecule has 0 radical (unpaired) electrons. The van der Waals surface area contributed by atoms with E-state index in [9.17, 15) is 14.4 Å². The van der Waals surface area contributed by atoms with Crippen LogP contribution in [0.5, 0.6) is 0 Å². The maximum absolute atomic E-state index is 12.9. The van der Waals surface area contributed by atoms with Gasteiger partial charge in [-0.3, -0.25) is 19.4 Å². The number of nitrogens with zero attached hydrogens (tertiary/aromatic N) is 6. The lowest BCUT2D eigenvalue weighted by molar-refractivity contribution is -0.124. The Bertz CT molecular complexity index is 1720. The number of aromatic nitrogens is 4. The van der Waals surface area contributed by atoms with E-state index in [1.807, 2.05) is 53.9 Å². The molecule has 1 aromatic carbocycles. The monoisotopic (exact) mass is 567 g/mol. The van der Waals surface area contributed by atoms with Gasteiger partial charge in [-0.15, -0.1) is 11.8 Å². The van der Waals surface area contributed by atoms with E-state index in [4.69, 9.17) is 4.98 Å². The van der Waals surface area contributed by atoms with Gasteiger partial charge in [0.2, 0.25) is 11.8 Å². The molecule has 0 spiro atoms. The van der Waals surface area contributed by atoms with E-state index in [-0.39, 0.29) is 36.2 Å². The van der Waals surface area contributed by atoms with Gasteiger partial charge in [-0.05, 0) is 68.0 Å². The van der Waals surface area contributed by atoms with E-state index in [2.05, 4.69) is 21.5 Å². The second-order valence-corrected chi connectivity index (χ2v) is 12.1. The summed E-state index contributed by atoms with van der Waals surface area (Å²) in [6, 6.07) is 11.4. The summed E-state index contributed by atoms with van der Waals surface area (Å²) in [5.41, 5.74) is 5.02. The SMILES string of the molecule is Cc1ccnc([C@H]2C[C@@H]2C(=O)Nc2cccc(SCc3cn4cc(C5CC5)cc(N5CC(=O)N(C)C5=O)c4n3)c2)n1. The number of carbonyl (C=O) groups is 3. The number of likely N-dealkylation sites (N-methyl/N-ethyl adjacent to an activating group) is 1. The Morgan fingerprint density at radius 1 is 1.12 bits per heavy atom. The summed E-state index contributed by atoms with van der Waals surface area (Å²) in [5.74, 6) is 1.56. The highest BCUT2D eigenvalue weighted by Crippen LogP contribution is 2.46. The van der Waals surface area contributed by atoms with E-state index < -0.39 is 0 Å². The van der Waals surface area contributed by atoms with Crippen molar-refractivity contribution in [3.8, 4) is 0 Å². The number of rotatable bonds is 8. The molecule has 2 saturated carbocycles. The topological polar surface area (TPSA) is 113 Å². The molecule has 11 heteroatoms. The molecule has 4 aromatic rings. The van der Waals surface area contributed by atoms with Gasteiger partial charge in [0.05, 0.1) is 11.4 Å². The zero-order valence-corrected chi connectivity index (χ0v) is 23.6. The fraction of sp³-hybridized carbons (Fsp3) is 0.333. The van der Waals surface area contributed by atoms with E-state index in [0.717, 1.165) is 57.5 Å². The van der Waals surface area contributed by atoms with E-state index >= 15 is 0 Å². The molecular weight excluding hydrogens is 538 g/mol. The standard InChI is InChI=1S/C30H29N7O3S/c1-17-8-9-31-27(32-17)23-12-24(23)29(39)34-20-4-3-5-22(11-20)41-16-21-14-36-13-19(18-6-7-18)10-25(28(36)33-21)37-15-26(38)35(2)30(37)40/h3-5,8-11,13-14,18,23-24H,6-7,12,15-16H2,1-2H3,(H,34,39)/t23-,24-/m0/s1. The van der Waals surface area contributed by atoms with Crippen molar-refractivity contribution in [2.24, 2.45) is 5.92 Å². The van der Waals surface area contributed by atoms with Gasteiger partial charge in [-0.1, -0.05) is 6.07 Å². The fourth-order valence-corrected chi connectivity index (χ4v) is 6.16. The third kappa shape index (κ3) is 5.06. The van der Waals surface area contributed by atoms with Crippen molar-refractivity contribution < 1.29 is 14.4 Å². The highest BCUT2D eigenvalue weighted by Gasteiger charge is 2.46. The smallest absolute Gasteiger partial charge is 0.326 e. The minimum absolute atomic E-state index is 0.0119. The summed E-state index contributed by atoms with van der Waals surface area (Å²) in [4.78, 5) is 55.3. The van der Waals surface area contributed by atoms with Crippen molar-refractivity contribution in [3.05, 3.63) is 77.8 Å². The summed E-state index contributed by atoms with van der Waals surface area (Å²) in [6.45, 7) is 1.95. The maximum atomic E-state index is 12.9. The normalized spacial score (nSPS) is 20.2. The number of nitrogens with one attached hydrogen (secondary N) is 1. The number of aryl methyl sites for hydroxylation is 1. The Morgan fingerprint density at radius 2 is 1.98 bits per heavy atom. The van der Waals surface area contributed by atoms with E-state index in [0.29, 0.717) is 23.0 Å². The molecule has 0 bridgehead atoms. The Labute approximate surface area is 241 Å². The average molecular weight is 568 g/mol. The first-order chi connectivity index (χ1) is 19.8. The lowest BCUT2D eigenvalue weighted by Gasteiger charge is -2.17. The van der Waals surface area contributed by atoms with Crippen molar-refractivity contribution in [2.45, 2.75) is 48.7 Å². The van der Waals surface area contributed by atoms with E-state index in [1.165, 1.54) is 11.9 Å². The lowest BCUT2D eigenvalue weighted by Crippen LogP contribution is -2.30. The first-order valence-electron chi connectivity index (χ1n) is 13.8. The van der Waals surface area contributed by atoms with Crippen LogP contribution >= 0.6 is 11.8 Å². The molecule has 3 fully saturated rings. The van der Waals surface area contributed by atoms with Crippen molar-refractivity contribution in [1.82, 2.24) is 24.3 Å². The number of fused-ring (bicyclic) bond motifs is 1. The summed E-state index contributed by atoms with van der Waals surface area (Å²) < 4.78 is 1.98. The van der Waals surface area contributed by atoms with Crippen LogP contribution in [0.1, 0.15) is 53.9 Å². The second kappa shape index (κ2) is 9.99. The Kier molecular flexibility index (Phi) is 6.26. The molecule has 4 amide bonds. The van der Waals surface area contributed by atoms with Crippen LogP contribution in [0.25, 0.3) is 5.65 Å². The van der Waals surface area contributed by atoms with Gasteiger partial charge in [0.1, 0.15) is 12.4 Å². The quantitative estimate of drug-likeness (QED) is 0.242. The van der Waals surface area contributed by atoms with Crippen molar-refractivity contribution in [1.29, 1.82) is 0 Å². The third-order valence-corrected chi connectivity index (χ3v) is 8.92. The highest BCUT2D eigenvalue weighted by atomic mass is 32.2. The number of hydrogen-bond donors (Lipinski definition) is 1. The number of carbonyl (C=O) groups excluding carboxylic acids is 3. The molecule has 4 heterocycles. The molecular formula is C30H29N7O3S. The van der Waals surface area contributed by atoms with Gasteiger partial charge in [0.15, 0.2) is 5.65 Å². The Morgan fingerprint density at radius 3 is 2.73 bits per heavy atom. The van der Waals surface area contributed by atoms with Crippen LogP contribution in [-0.4, -0.2) is 55.7 Å². The van der Waals surface area contributed by atoms with Crippen LogP contribution in [0.3, 0.4) is 0 Å². The Hall–Kier alpha value is -4.25. The number of imide groups is 1. The van der Waals surface area contributed by atoms with Crippen LogP contribution in [-0.2, 0) is 15.3 Å². The van der Waals surface area contributed by atoms with Crippen LogP contribution < -0.4 is 10.2 Å². The van der Waals surface area contributed by atoms with Gasteiger partial charge in [-0.25, -0.2) is 19.7 Å². The Balaban J connectivity index is 1.05. The molecule has 1 N–H and O–H groups in total. The number of amides is 4. The molecule has 2 atom stereocenters. The zero-order valence-electron chi connectivity index (χ0n) is 22.8. The second-order valence-electron chi connectivity index (χ2n) is 11.0. The summed E-state index contributed by atoms with van der Waals surface area (Å²) in [6.07, 6.45) is 8.84. The van der Waals surface area contributed by atoms with Gasteiger partial charge in [-0.2, -0.15) is 0 Å². The lowest BCUT2D eigenvalue weighted by atomic mass is 10.1. The predicted octanol–water partition coefficient (Wildman–Crippen LogP) is 4.74. The molecule has 3 aliphatic rings. The van der Waals surface area contributed by atoms with Crippen molar-refractivity contribution >= 4 is 46.6 Å². The largest absolute Gasteiger partial charge is 0.331 e. The maximum Gasteiger partial charge on any atom is 0.331 e. The minimum atomic E-state index is -0.327. The van der Waals surface area contributed by atoms with Crippen molar-refractivity contribution in [3.63, 3.8) is 0 Å².